The van der Waals surface area contributed by atoms with Gasteiger partial charge in [0.05, 0.1) is 17.7 Å². The Balaban J connectivity index is 1.83. The second-order valence-corrected chi connectivity index (χ2v) is 8.13. The van der Waals surface area contributed by atoms with Crippen molar-refractivity contribution in [2.45, 2.75) is 59.1 Å². The van der Waals surface area contributed by atoms with Gasteiger partial charge in [-0.3, -0.25) is 0 Å². The van der Waals surface area contributed by atoms with Crippen LogP contribution in [0.5, 0.6) is 11.5 Å². The molecule has 1 heterocycles. The Kier molecular flexibility index (Phi) is 7.00. The first-order valence-corrected chi connectivity index (χ1v) is 10.7. The first kappa shape index (κ1) is 22.4. The van der Waals surface area contributed by atoms with Crippen LogP contribution in [0.15, 0.2) is 59.8 Å². The topological polar surface area (TPSA) is 76.7 Å². The number of amides is 2. The number of allylic oxidation sites excluding steroid dienone is 1. The molecule has 0 fully saturated rings. The van der Waals surface area contributed by atoms with Crippen LogP contribution < -0.4 is 15.4 Å². The molecule has 2 N–H and O–H groups in total. The van der Waals surface area contributed by atoms with Crippen LogP contribution in [0.4, 0.5) is 4.79 Å². The van der Waals surface area contributed by atoms with E-state index in [1.807, 2.05) is 43.3 Å². The van der Waals surface area contributed by atoms with E-state index in [4.69, 9.17) is 9.47 Å². The van der Waals surface area contributed by atoms with Crippen LogP contribution in [0.2, 0.25) is 0 Å². The molecule has 0 spiro atoms. The standard InChI is InChI=1S/C25H30N2O4/c1-6-21-22(24(28)30-16(4)5)23(27-25(29)26-21)18-9-13-20(14-10-18)31-19-11-7-17(8-12-19)15(2)3/h7-16,23H,6H2,1-5H3,(H2,26,27,29). The summed E-state index contributed by atoms with van der Waals surface area (Å²) >= 11 is 0. The van der Waals surface area contributed by atoms with Gasteiger partial charge in [0.1, 0.15) is 11.5 Å². The molecule has 3 rings (SSSR count). The van der Waals surface area contributed by atoms with Crippen molar-refractivity contribution < 1.29 is 19.1 Å². The van der Waals surface area contributed by atoms with Crippen molar-refractivity contribution in [2.24, 2.45) is 0 Å². The van der Waals surface area contributed by atoms with Gasteiger partial charge in [0.25, 0.3) is 0 Å². The third kappa shape index (κ3) is 5.45. The molecule has 2 amide bonds. The highest BCUT2D eigenvalue weighted by molar-refractivity contribution is 5.95. The second-order valence-electron chi connectivity index (χ2n) is 8.13. The zero-order chi connectivity index (χ0) is 22.5. The Hall–Kier alpha value is -3.28. The molecule has 164 valence electrons. The number of carbonyl (C=O) groups is 2. The van der Waals surface area contributed by atoms with E-state index in [2.05, 4.69) is 36.6 Å². The molecule has 1 aliphatic rings. The van der Waals surface area contributed by atoms with E-state index in [1.165, 1.54) is 5.56 Å². The van der Waals surface area contributed by atoms with E-state index in [0.29, 0.717) is 29.4 Å². The van der Waals surface area contributed by atoms with Gasteiger partial charge in [-0.2, -0.15) is 0 Å². The zero-order valence-electron chi connectivity index (χ0n) is 18.7. The average molecular weight is 423 g/mol. The van der Waals surface area contributed by atoms with Crippen LogP contribution in [0, 0.1) is 0 Å². The molecular weight excluding hydrogens is 392 g/mol. The molecule has 1 unspecified atom stereocenters. The van der Waals surface area contributed by atoms with Gasteiger partial charge in [0, 0.05) is 5.70 Å². The number of hydrogen-bond acceptors (Lipinski definition) is 4. The fourth-order valence-electron chi connectivity index (χ4n) is 3.45. The lowest BCUT2D eigenvalue weighted by atomic mass is 9.94. The predicted octanol–water partition coefficient (Wildman–Crippen LogP) is 5.57. The lowest BCUT2D eigenvalue weighted by molar-refractivity contribution is -0.143. The first-order chi connectivity index (χ1) is 14.8. The summed E-state index contributed by atoms with van der Waals surface area (Å²) in [4.78, 5) is 24.9. The highest BCUT2D eigenvalue weighted by Crippen LogP contribution is 2.31. The monoisotopic (exact) mass is 422 g/mol. The van der Waals surface area contributed by atoms with Crippen LogP contribution in [0.25, 0.3) is 0 Å². The molecule has 1 aliphatic heterocycles. The summed E-state index contributed by atoms with van der Waals surface area (Å²) in [5, 5.41) is 5.57. The molecule has 0 bridgehead atoms. The maximum absolute atomic E-state index is 12.8. The predicted molar refractivity (Wildman–Crippen MR) is 120 cm³/mol. The Labute approximate surface area is 183 Å². The van der Waals surface area contributed by atoms with Gasteiger partial charge < -0.3 is 20.1 Å². The van der Waals surface area contributed by atoms with E-state index in [-0.39, 0.29) is 12.1 Å². The van der Waals surface area contributed by atoms with Crippen molar-refractivity contribution in [1.82, 2.24) is 10.6 Å². The number of esters is 1. The molecule has 0 radical (unpaired) electrons. The van der Waals surface area contributed by atoms with Crippen LogP contribution in [0.1, 0.15) is 64.1 Å². The maximum atomic E-state index is 12.8. The largest absolute Gasteiger partial charge is 0.459 e. The fourth-order valence-corrected chi connectivity index (χ4v) is 3.45. The van der Waals surface area contributed by atoms with Crippen LogP contribution >= 0.6 is 0 Å². The van der Waals surface area contributed by atoms with Crippen molar-refractivity contribution in [3.63, 3.8) is 0 Å². The number of urea groups is 1. The number of benzene rings is 2. The minimum absolute atomic E-state index is 0.255. The summed E-state index contributed by atoms with van der Waals surface area (Å²) < 4.78 is 11.4. The number of rotatable bonds is 7. The van der Waals surface area contributed by atoms with Crippen molar-refractivity contribution in [3.8, 4) is 11.5 Å². The average Bonchev–Trinajstić information content (AvgIpc) is 2.73. The molecule has 0 saturated carbocycles. The van der Waals surface area contributed by atoms with Crippen molar-refractivity contribution >= 4 is 12.0 Å². The normalized spacial score (nSPS) is 16.2. The number of ether oxygens (including phenoxy) is 2. The molecule has 2 aromatic rings. The lowest BCUT2D eigenvalue weighted by Gasteiger charge is -2.29. The summed E-state index contributed by atoms with van der Waals surface area (Å²) in [5.74, 6) is 1.45. The summed E-state index contributed by atoms with van der Waals surface area (Å²) in [7, 11) is 0. The van der Waals surface area contributed by atoms with E-state index < -0.39 is 12.0 Å². The Morgan fingerprint density at radius 1 is 0.968 bits per heavy atom. The van der Waals surface area contributed by atoms with Gasteiger partial charge in [0.2, 0.25) is 0 Å². The molecule has 0 aliphatic carbocycles. The molecule has 1 atom stereocenters. The number of hydrogen-bond donors (Lipinski definition) is 2. The Morgan fingerprint density at radius 2 is 1.55 bits per heavy atom. The third-order valence-corrected chi connectivity index (χ3v) is 5.07. The summed E-state index contributed by atoms with van der Waals surface area (Å²) in [6.07, 6.45) is 0.259. The third-order valence-electron chi connectivity index (χ3n) is 5.07. The summed E-state index contributed by atoms with van der Waals surface area (Å²) in [5.41, 5.74) is 3.03. The summed E-state index contributed by atoms with van der Waals surface area (Å²) in [6, 6.07) is 14.5. The van der Waals surface area contributed by atoms with Gasteiger partial charge in [-0.15, -0.1) is 0 Å². The van der Waals surface area contributed by atoms with E-state index >= 15 is 0 Å². The minimum Gasteiger partial charge on any atom is -0.459 e. The lowest BCUT2D eigenvalue weighted by Crippen LogP contribution is -2.46. The zero-order valence-corrected chi connectivity index (χ0v) is 18.7. The fraction of sp³-hybridized carbons (Fsp3) is 0.360. The Bertz CT molecular complexity index is 960. The van der Waals surface area contributed by atoms with E-state index in [1.54, 1.807) is 13.8 Å². The van der Waals surface area contributed by atoms with Gasteiger partial charge in [-0.1, -0.05) is 45.0 Å². The molecule has 31 heavy (non-hydrogen) atoms. The van der Waals surface area contributed by atoms with Crippen molar-refractivity contribution in [3.05, 3.63) is 70.9 Å². The quantitative estimate of drug-likeness (QED) is 0.572. The summed E-state index contributed by atoms with van der Waals surface area (Å²) in [6.45, 7) is 9.79. The minimum atomic E-state index is -0.589. The molecule has 0 aromatic heterocycles. The molecular formula is C25H30N2O4. The van der Waals surface area contributed by atoms with E-state index in [0.717, 1.165) is 11.3 Å². The molecule has 2 aromatic carbocycles. The highest BCUT2D eigenvalue weighted by atomic mass is 16.5. The van der Waals surface area contributed by atoms with Crippen LogP contribution in [-0.2, 0) is 9.53 Å². The Morgan fingerprint density at radius 3 is 2.06 bits per heavy atom. The molecule has 0 saturated heterocycles. The van der Waals surface area contributed by atoms with Gasteiger partial charge in [-0.05, 0) is 61.6 Å². The van der Waals surface area contributed by atoms with Gasteiger partial charge in [0.15, 0.2) is 0 Å². The molecule has 6 heteroatoms. The first-order valence-electron chi connectivity index (χ1n) is 10.7. The van der Waals surface area contributed by atoms with E-state index in [9.17, 15) is 9.59 Å². The van der Waals surface area contributed by atoms with Gasteiger partial charge in [-0.25, -0.2) is 9.59 Å². The van der Waals surface area contributed by atoms with Crippen molar-refractivity contribution in [2.75, 3.05) is 0 Å². The van der Waals surface area contributed by atoms with Crippen LogP contribution in [-0.4, -0.2) is 18.1 Å². The smallest absolute Gasteiger partial charge is 0.338 e. The SMILES string of the molecule is CCC1=C(C(=O)OC(C)C)C(c2ccc(Oc3ccc(C(C)C)cc3)cc2)NC(=O)N1. The number of nitrogens with one attached hydrogen (secondary N) is 2. The molecule has 6 nitrogen and oxygen atoms in total. The highest BCUT2D eigenvalue weighted by Gasteiger charge is 2.33. The second kappa shape index (κ2) is 9.69. The van der Waals surface area contributed by atoms with Gasteiger partial charge >= 0.3 is 12.0 Å². The van der Waals surface area contributed by atoms with Crippen LogP contribution in [0.3, 0.4) is 0 Å². The van der Waals surface area contributed by atoms with Crippen molar-refractivity contribution in [1.29, 1.82) is 0 Å². The maximum Gasteiger partial charge on any atom is 0.338 e. The number of carbonyl (C=O) groups excluding carboxylic acids is 2.